The van der Waals surface area contributed by atoms with Gasteiger partial charge in [-0.1, -0.05) is 6.92 Å². The SMILES string of the molecule is CC1CCC(C#N)(c2ncns2)CC1. The molecule has 0 aliphatic heterocycles. The molecule has 0 atom stereocenters. The molecular formula is C10H13N3S. The Bertz CT molecular complexity index is 331. The van der Waals surface area contributed by atoms with Crippen LogP contribution in [0.15, 0.2) is 6.33 Å². The molecule has 0 aromatic carbocycles. The zero-order valence-electron chi connectivity index (χ0n) is 8.23. The third-order valence-corrected chi connectivity index (χ3v) is 3.98. The third-order valence-electron chi connectivity index (χ3n) is 3.11. The van der Waals surface area contributed by atoms with E-state index in [9.17, 15) is 5.26 Å². The van der Waals surface area contributed by atoms with E-state index in [0.29, 0.717) is 0 Å². The second-order valence-corrected chi connectivity index (χ2v) is 4.90. The van der Waals surface area contributed by atoms with Crippen LogP contribution in [0.2, 0.25) is 0 Å². The average Bonchev–Trinajstić information content (AvgIpc) is 2.73. The van der Waals surface area contributed by atoms with Gasteiger partial charge in [0.25, 0.3) is 0 Å². The van der Waals surface area contributed by atoms with Crippen LogP contribution in [0.25, 0.3) is 0 Å². The summed E-state index contributed by atoms with van der Waals surface area (Å²) in [7, 11) is 0. The van der Waals surface area contributed by atoms with Gasteiger partial charge in [0.05, 0.1) is 6.07 Å². The first kappa shape index (κ1) is 9.60. The van der Waals surface area contributed by atoms with Crippen molar-refractivity contribution in [1.82, 2.24) is 9.36 Å². The molecule has 0 spiro atoms. The standard InChI is InChI=1S/C10H13N3S/c1-8-2-4-10(6-11,5-3-8)9-12-7-13-14-9/h7-8H,2-5H2,1H3. The van der Waals surface area contributed by atoms with E-state index in [0.717, 1.165) is 36.6 Å². The number of hydrogen-bond acceptors (Lipinski definition) is 4. The highest BCUT2D eigenvalue weighted by Gasteiger charge is 2.38. The molecule has 2 rings (SSSR count). The van der Waals surface area contributed by atoms with Crippen molar-refractivity contribution >= 4 is 11.5 Å². The molecule has 0 radical (unpaired) electrons. The van der Waals surface area contributed by atoms with Gasteiger partial charge in [-0.3, -0.25) is 0 Å². The van der Waals surface area contributed by atoms with E-state index in [4.69, 9.17) is 0 Å². The van der Waals surface area contributed by atoms with Gasteiger partial charge in [0, 0.05) is 0 Å². The molecule has 1 aromatic heterocycles. The molecule has 3 nitrogen and oxygen atoms in total. The van der Waals surface area contributed by atoms with Crippen molar-refractivity contribution in [1.29, 1.82) is 5.26 Å². The largest absolute Gasteiger partial charge is 0.226 e. The predicted molar refractivity (Wildman–Crippen MR) is 54.8 cm³/mol. The number of rotatable bonds is 1. The Hall–Kier alpha value is -0.950. The topological polar surface area (TPSA) is 49.6 Å². The monoisotopic (exact) mass is 207 g/mol. The number of nitriles is 1. The normalized spacial score (nSPS) is 32.4. The van der Waals surface area contributed by atoms with E-state index >= 15 is 0 Å². The molecule has 0 bridgehead atoms. The van der Waals surface area contributed by atoms with Crippen LogP contribution in [-0.2, 0) is 5.41 Å². The fraction of sp³-hybridized carbons (Fsp3) is 0.700. The van der Waals surface area contributed by atoms with Crippen molar-refractivity contribution < 1.29 is 0 Å². The summed E-state index contributed by atoms with van der Waals surface area (Å²) >= 11 is 1.37. The molecule has 0 unspecified atom stereocenters. The van der Waals surface area contributed by atoms with E-state index in [1.54, 1.807) is 6.33 Å². The highest BCUT2D eigenvalue weighted by atomic mass is 32.1. The minimum Gasteiger partial charge on any atom is -0.226 e. The summed E-state index contributed by atoms with van der Waals surface area (Å²) in [5, 5.41) is 10.2. The maximum absolute atomic E-state index is 9.29. The molecular weight excluding hydrogens is 194 g/mol. The first-order valence-corrected chi connectivity index (χ1v) is 5.72. The minimum absolute atomic E-state index is 0.326. The van der Waals surface area contributed by atoms with Gasteiger partial charge in [0.2, 0.25) is 0 Å². The Labute approximate surface area is 88.0 Å². The molecule has 1 aliphatic rings. The van der Waals surface area contributed by atoms with Gasteiger partial charge in [-0.05, 0) is 43.1 Å². The molecule has 1 heterocycles. The summed E-state index contributed by atoms with van der Waals surface area (Å²) in [4.78, 5) is 4.19. The first-order valence-electron chi connectivity index (χ1n) is 4.95. The molecule has 0 saturated heterocycles. The predicted octanol–water partition coefficient (Wildman–Crippen LogP) is 2.51. The molecule has 0 N–H and O–H groups in total. The highest BCUT2D eigenvalue weighted by Crippen LogP contribution is 2.41. The summed E-state index contributed by atoms with van der Waals surface area (Å²) in [5.41, 5.74) is -0.326. The Morgan fingerprint density at radius 2 is 2.29 bits per heavy atom. The summed E-state index contributed by atoms with van der Waals surface area (Å²) in [5.74, 6) is 0.754. The third kappa shape index (κ3) is 1.53. The summed E-state index contributed by atoms with van der Waals surface area (Å²) in [6.07, 6.45) is 5.71. The fourth-order valence-electron chi connectivity index (χ4n) is 2.01. The lowest BCUT2D eigenvalue weighted by Gasteiger charge is -2.31. The van der Waals surface area contributed by atoms with Crippen LogP contribution in [0.1, 0.15) is 37.6 Å². The van der Waals surface area contributed by atoms with Gasteiger partial charge in [-0.15, -0.1) is 0 Å². The lowest BCUT2D eigenvalue weighted by Crippen LogP contribution is -2.29. The molecule has 1 aliphatic carbocycles. The van der Waals surface area contributed by atoms with Crippen molar-refractivity contribution in [2.24, 2.45) is 5.92 Å². The van der Waals surface area contributed by atoms with E-state index in [1.807, 2.05) is 0 Å². The molecule has 1 fully saturated rings. The second kappa shape index (κ2) is 3.66. The van der Waals surface area contributed by atoms with E-state index in [2.05, 4.69) is 22.4 Å². The molecule has 1 aromatic rings. The first-order chi connectivity index (χ1) is 6.77. The van der Waals surface area contributed by atoms with Crippen molar-refractivity contribution in [2.45, 2.75) is 38.0 Å². The Morgan fingerprint density at radius 1 is 1.57 bits per heavy atom. The Balaban J connectivity index is 2.24. The number of nitrogens with zero attached hydrogens (tertiary/aromatic N) is 3. The smallest absolute Gasteiger partial charge is 0.133 e. The van der Waals surface area contributed by atoms with Gasteiger partial charge in [-0.25, -0.2) is 4.98 Å². The molecule has 14 heavy (non-hydrogen) atoms. The zero-order chi connectivity index (χ0) is 10.0. The molecule has 74 valence electrons. The average molecular weight is 207 g/mol. The van der Waals surface area contributed by atoms with Crippen molar-refractivity contribution in [3.8, 4) is 6.07 Å². The van der Waals surface area contributed by atoms with Crippen molar-refractivity contribution in [3.05, 3.63) is 11.3 Å². The molecule has 0 amide bonds. The van der Waals surface area contributed by atoms with Gasteiger partial charge < -0.3 is 0 Å². The number of hydrogen-bond donors (Lipinski definition) is 0. The van der Waals surface area contributed by atoms with Crippen LogP contribution in [0, 0.1) is 17.2 Å². The van der Waals surface area contributed by atoms with Gasteiger partial charge in [0.15, 0.2) is 0 Å². The van der Waals surface area contributed by atoms with Gasteiger partial charge in [0.1, 0.15) is 16.7 Å². The van der Waals surface area contributed by atoms with Crippen LogP contribution in [-0.4, -0.2) is 9.36 Å². The van der Waals surface area contributed by atoms with Gasteiger partial charge in [-0.2, -0.15) is 9.64 Å². The van der Waals surface area contributed by atoms with Crippen LogP contribution >= 0.6 is 11.5 Å². The van der Waals surface area contributed by atoms with E-state index < -0.39 is 0 Å². The lowest BCUT2D eigenvalue weighted by atomic mass is 9.72. The quantitative estimate of drug-likeness (QED) is 0.711. The fourth-order valence-corrected chi connectivity index (χ4v) is 2.73. The molecule has 4 heteroatoms. The Morgan fingerprint density at radius 3 is 2.79 bits per heavy atom. The lowest BCUT2D eigenvalue weighted by molar-refractivity contribution is 0.294. The van der Waals surface area contributed by atoms with Crippen LogP contribution in [0.5, 0.6) is 0 Å². The van der Waals surface area contributed by atoms with Crippen LogP contribution in [0.4, 0.5) is 0 Å². The summed E-state index contributed by atoms with van der Waals surface area (Å²) < 4.78 is 3.99. The summed E-state index contributed by atoms with van der Waals surface area (Å²) in [6.45, 7) is 2.25. The summed E-state index contributed by atoms with van der Waals surface area (Å²) in [6, 6.07) is 2.45. The maximum atomic E-state index is 9.29. The van der Waals surface area contributed by atoms with Crippen LogP contribution in [0.3, 0.4) is 0 Å². The van der Waals surface area contributed by atoms with Crippen molar-refractivity contribution in [2.75, 3.05) is 0 Å². The van der Waals surface area contributed by atoms with Gasteiger partial charge >= 0.3 is 0 Å². The Kier molecular flexibility index (Phi) is 2.51. The second-order valence-electron chi connectivity index (χ2n) is 4.12. The highest BCUT2D eigenvalue weighted by molar-refractivity contribution is 7.05. The van der Waals surface area contributed by atoms with E-state index in [1.165, 1.54) is 11.5 Å². The minimum atomic E-state index is -0.326. The molecule has 1 saturated carbocycles. The zero-order valence-corrected chi connectivity index (χ0v) is 9.05. The van der Waals surface area contributed by atoms with Crippen LogP contribution < -0.4 is 0 Å². The van der Waals surface area contributed by atoms with E-state index in [-0.39, 0.29) is 5.41 Å². The van der Waals surface area contributed by atoms with Crippen molar-refractivity contribution in [3.63, 3.8) is 0 Å². The number of aromatic nitrogens is 2. The maximum Gasteiger partial charge on any atom is 0.133 e.